The lowest BCUT2D eigenvalue weighted by Gasteiger charge is -2.31. The van der Waals surface area contributed by atoms with Gasteiger partial charge in [-0.2, -0.15) is 0 Å². The number of carbonyl (C=O) groups excluding carboxylic acids is 1. The normalized spacial score (nSPS) is 16.0. The van der Waals surface area contributed by atoms with Gasteiger partial charge in [0.25, 0.3) is 0 Å². The van der Waals surface area contributed by atoms with Crippen molar-refractivity contribution in [2.45, 2.75) is 25.4 Å². The van der Waals surface area contributed by atoms with Crippen molar-refractivity contribution in [2.24, 2.45) is 0 Å². The van der Waals surface area contributed by atoms with E-state index in [4.69, 9.17) is 0 Å². The van der Waals surface area contributed by atoms with Crippen molar-refractivity contribution in [3.63, 3.8) is 0 Å². The smallest absolute Gasteiger partial charge is 0.315 e. The molecule has 1 aliphatic heterocycles. The van der Waals surface area contributed by atoms with Crippen LogP contribution in [0.3, 0.4) is 0 Å². The van der Waals surface area contributed by atoms with Crippen LogP contribution in [0.1, 0.15) is 18.4 Å². The van der Waals surface area contributed by atoms with E-state index in [1.807, 2.05) is 30.3 Å². The van der Waals surface area contributed by atoms with Crippen LogP contribution in [0, 0.1) is 0 Å². The number of fused-ring (bicyclic) bond motifs is 1. The fourth-order valence-corrected chi connectivity index (χ4v) is 3.10. The first-order valence-corrected chi connectivity index (χ1v) is 8.46. The zero-order valence-corrected chi connectivity index (χ0v) is 13.9. The molecule has 0 radical (unpaired) electrons. The lowest BCUT2D eigenvalue weighted by molar-refractivity contribution is 0.204. The van der Waals surface area contributed by atoms with E-state index in [1.165, 1.54) is 0 Å². The summed E-state index contributed by atoms with van der Waals surface area (Å²) >= 11 is 0. The third-order valence-corrected chi connectivity index (χ3v) is 4.43. The molecule has 0 bridgehead atoms. The summed E-state index contributed by atoms with van der Waals surface area (Å²) < 4.78 is 0. The van der Waals surface area contributed by atoms with Gasteiger partial charge in [-0.1, -0.05) is 18.2 Å². The minimum absolute atomic E-state index is 0.0940. The molecule has 2 N–H and O–H groups in total. The number of urea groups is 1. The first kappa shape index (κ1) is 16.5. The van der Waals surface area contributed by atoms with E-state index in [9.17, 15) is 4.79 Å². The maximum atomic E-state index is 12.1. The Bertz CT molecular complexity index is 707. The van der Waals surface area contributed by atoms with E-state index in [2.05, 4.69) is 33.2 Å². The van der Waals surface area contributed by atoms with Gasteiger partial charge in [0.05, 0.1) is 5.52 Å². The van der Waals surface area contributed by atoms with Crippen LogP contribution in [0.2, 0.25) is 0 Å². The molecule has 1 aromatic heterocycles. The standard InChI is InChI=1S/C19H24N4O/c1-2-10-23-11-7-17(8-12-23)22-19(24)21-14-15-5-6-18-16(13-15)4-3-9-20-18/h2-6,9,13,17H,1,7-8,10-12,14H2,(H2,21,22,24). The van der Waals surface area contributed by atoms with Gasteiger partial charge < -0.3 is 10.6 Å². The monoisotopic (exact) mass is 324 g/mol. The summed E-state index contributed by atoms with van der Waals surface area (Å²) in [5.74, 6) is 0. The third-order valence-electron chi connectivity index (χ3n) is 4.43. The minimum atomic E-state index is -0.0940. The molecule has 0 unspecified atom stereocenters. The van der Waals surface area contributed by atoms with Crippen molar-refractivity contribution in [2.75, 3.05) is 19.6 Å². The first-order chi connectivity index (χ1) is 11.7. The van der Waals surface area contributed by atoms with Crippen molar-refractivity contribution in [3.8, 4) is 0 Å². The lowest BCUT2D eigenvalue weighted by Crippen LogP contribution is -2.47. The van der Waals surface area contributed by atoms with Gasteiger partial charge >= 0.3 is 6.03 Å². The Balaban J connectivity index is 1.46. The van der Waals surface area contributed by atoms with Crippen LogP contribution < -0.4 is 10.6 Å². The topological polar surface area (TPSA) is 57.3 Å². The van der Waals surface area contributed by atoms with Crippen molar-refractivity contribution < 1.29 is 4.79 Å². The van der Waals surface area contributed by atoms with Crippen molar-refractivity contribution in [3.05, 3.63) is 54.7 Å². The Morgan fingerprint density at radius 1 is 1.33 bits per heavy atom. The molecule has 2 amide bonds. The molecule has 0 spiro atoms. The number of aromatic nitrogens is 1. The van der Waals surface area contributed by atoms with Gasteiger partial charge in [0.1, 0.15) is 0 Å². The second-order valence-electron chi connectivity index (χ2n) is 6.22. The maximum Gasteiger partial charge on any atom is 0.315 e. The summed E-state index contributed by atoms with van der Waals surface area (Å²) in [6.07, 6.45) is 5.69. The van der Waals surface area contributed by atoms with Gasteiger partial charge in [0.15, 0.2) is 0 Å². The number of likely N-dealkylation sites (tertiary alicyclic amines) is 1. The fourth-order valence-electron chi connectivity index (χ4n) is 3.10. The van der Waals surface area contributed by atoms with Crippen molar-refractivity contribution in [1.82, 2.24) is 20.5 Å². The second kappa shape index (κ2) is 7.93. The number of rotatable bonds is 5. The molecule has 2 aromatic rings. The average Bonchev–Trinajstić information content (AvgIpc) is 2.62. The SMILES string of the molecule is C=CCN1CCC(NC(=O)NCc2ccc3ncccc3c2)CC1. The van der Waals surface area contributed by atoms with E-state index >= 15 is 0 Å². The zero-order chi connectivity index (χ0) is 16.8. The van der Waals surface area contributed by atoms with E-state index in [0.717, 1.165) is 48.9 Å². The number of piperidine rings is 1. The van der Waals surface area contributed by atoms with Crippen LogP contribution in [-0.2, 0) is 6.54 Å². The molecule has 1 aliphatic rings. The van der Waals surface area contributed by atoms with E-state index in [0.29, 0.717) is 6.54 Å². The van der Waals surface area contributed by atoms with E-state index in [-0.39, 0.29) is 12.1 Å². The Hall–Kier alpha value is -2.40. The van der Waals surface area contributed by atoms with Gasteiger partial charge in [-0.05, 0) is 36.6 Å². The Morgan fingerprint density at radius 2 is 2.17 bits per heavy atom. The molecule has 5 nitrogen and oxygen atoms in total. The summed E-state index contributed by atoms with van der Waals surface area (Å²) in [6.45, 7) is 7.23. The van der Waals surface area contributed by atoms with Crippen LogP contribution in [0.15, 0.2) is 49.2 Å². The summed E-state index contributed by atoms with van der Waals surface area (Å²) in [5.41, 5.74) is 2.04. The van der Waals surface area contributed by atoms with Gasteiger partial charge in [-0.15, -0.1) is 6.58 Å². The summed E-state index contributed by atoms with van der Waals surface area (Å²) in [7, 11) is 0. The zero-order valence-electron chi connectivity index (χ0n) is 13.9. The van der Waals surface area contributed by atoms with Crippen LogP contribution >= 0.6 is 0 Å². The van der Waals surface area contributed by atoms with Gasteiger partial charge in [0.2, 0.25) is 0 Å². The summed E-state index contributed by atoms with van der Waals surface area (Å²) in [5, 5.41) is 7.11. The highest BCUT2D eigenvalue weighted by Crippen LogP contribution is 2.13. The molecule has 0 atom stereocenters. The van der Waals surface area contributed by atoms with E-state index < -0.39 is 0 Å². The molecule has 3 rings (SSSR count). The number of hydrogen-bond acceptors (Lipinski definition) is 3. The highest BCUT2D eigenvalue weighted by molar-refractivity contribution is 5.79. The second-order valence-corrected chi connectivity index (χ2v) is 6.22. The molecule has 0 aliphatic carbocycles. The predicted octanol–water partition coefficient (Wildman–Crippen LogP) is 2.68. The highest BCUT2D eigenvalue weighted by Gasteiger charge is 2.19. The summed E-state index contributed by atoms with van der Waals surface area (Å²) in [4.78, 5) is 18.7. The molecular formula is C19H24N4O. The molecule has 2 heterocycles. The van der Waals surface area contributed by atoms with Gasteiger partial charge in [-0.3, -0.25) is 9.88 Å². The van der Waals surface area contributed by atoms with Crippen LogP contribution in [0.4, 0.5) is 4.79 Å². The largest absolute Gasteiger partial charge is 0.335 e. The number of nitrogens with zero attached hydrogens (tertiary/aromatic N) is 2. The molecule has 24 heavy (non-hydrogen) atoms. The number of pyridine rings is 1. The van der Waals surface area contributed by atoms with Gasteiger partial charge in [-0.25, -0.2) is 4.79 Å². The highest BCUT2D eigenvalue weighted by atomic mass is 16.2. The minimum Gasteiger partial charge on any atom is -0.335 e. The number of carbonyl (C=O) groups is 1. The van der Waals surface area contributed by atoms with Crippen LogP contribution in [0.5, 0.6) is 0 Å². The third kappa shape index (κ3) is 4.32. The van der Waals surface area contributed by atoms with Crippen LogP contribution in [-0.4, -0.2) is 41.6 Å². The first-order valence-electron chi connectivity index (χ1n) is 8.46. The molecular weight excluding hydrogens is 300 g/mol. The Kier molecular flexibility index (Phi) is 5.43. The number of nitrogens with one attached hydrogen (secondary N) is 2. The quantitative estimate of drug-likeness (QED) is 0.832. The predicted molar refractivity (Wildman–Crippen MR) is 96.8 cm³/mol. The molecule has 1 fully saturated rings. The average molecular weight is 324 g/mol. The van der Waals surface area contributed by atoms with Gasteiger partial charge in [0, 0.05) is 43.8 Å². The fraction of sp³-hybridized carbons (Fsp3) is 0.368. The molecule has 126 valence electrons. The van der Waals surface area contributed by atoms with Crippen LogP contribution in [0.25, 0.3) is 10.9 Å². The molecule has 1 saturated heterocycles. The lowest BCUT2D eigenvalue weighted by atomic mass is 10.1. The molecule has 1 aromatic carbocycles. The number of amides is 2. The van der Waals surface area contributed by atoms with Crippen molar-refractivity contribution >= 4 is 16.9 Å². The molecule has 0 saturated carbocycles. The van der Waals surface area contributed by atoms with Crippen molar-refractivity contribution in [1.29, 1.82) is 0 Å². The Labute approximate surface area is 142 Å². The van der Waals surface area contributed by atoms with E-state index in [1.54, 1.807) is 6.20 Å². The number of hydrogen-bond donors (Lipinski definition) is 2. The number of benzene rings is 1. The maximum absolute atomic E-state index is 12.1. The Morgan fingerprint density at radius 3 is 2.96 bits per heavy atom. The summed E-state index contributed by atoms with van der Waals surface area (Å²) in [6, 6.07) is 10.2. The molecule has 5 heteroatoms.